The van der Waals surface area contributed by atoms with Gasteiger partial charge in [0.05, 0.1) is 17.7 Å². The SMILES string of the molecule is CC1=C(C(=O)OC(C)C)C(c2ccc(NC(=O)c3ccc(C)cc3)cc2)NC(=O)N1C. The van der Waals surface area contributed by atoms with E-state index in [2.05, 4.69) is 10.6 Å². The molecule has 2 N–H and O–H groups in total. The Labute approximate surface area is 182 Å². The molecule has 1 atom stereocenters. The van der Waals surface area contributed by atoms with Crippen LogP contribution in [0.4, 0.5) is 10.5 Å². The molecule has 31 heavy (non-hydrogen) atoms. The first-order valence-electron chi connectivity index (χ1n) is 10.1. The molecule has 0 aromatic heterocycles. The number of esters is 1. The highest BCUT2D eigenvalue weighted by Gasteiger charge is 2.35. The minimum Gasteiger partial charge on any atom is -0.459 e. The second kappa shape index (κ2) is 9.04. The molecule has 0 bridgehead atoms. The van der Waals surface area contributed by atoms with Crippen LogP contribution in [-0.2, 0) is 9.53 Å². The summed E-state index contributed by atoms with van der Waals surface area (Å²) in [6.45, 7) is 7.24. The van der Waals surface area contributed by atoms with Gasteiger partial charge in [-0.1, -0.05) is 29.8 Å². The van der Waals surface area contributed by atoms with Crippen LogP contribution in [0.5, 0.6) is 0 Å². The van der Waals surface area contributed by atoms with E-state index >= 15 is 0 Å². The molecule has 0 radical (unpaired) electrons. The summed E-state index contributed by atoms with van der Waals surface area (Å²) in [6.07, 6.45) is -0.282. The van der Waals surface area contributed by atoms with Gasteiger partial charge in [0.1, 0.15) is 0 Å². The molecule has 1 aliphatic heterocycles. The predicted molar refractivity (Wildman–Crippen MR) is 119 cm³/mol. The molecule has 2 aromatic carbocycles. The van der Waals surface area contributed by atoms with Crippen molar-refractivity contribution in [3.63, 3.8) is 0 Å². The molecule has 3 amide bonds. The van der Waals surface area contributed by atoms with Crippen LogP contribution in [0.25, 0.3) is 0 Å². The summed E-state index contributed by atoms with van der Waals surface area (Å²) in [5.74, 6) is -0.682. The summed E-state index contributed by atoms with van der Waals surface area (Å²) in [7, 11) is 1.60. The number of carbonyl (C=O) groups is 3. The molecule has 0 saturated heterocycles. The fourth-order valence-electron chi connectivity index (χ4n) is 3.29. The lowest BCUT2D eigenvalue weighted by Gasteiger charge is -2.33. The maximum atomic E-state index is 12.7. The number of rotatable bonds is 5. The van der Waals surface area contributed by atoms with Gasteiger partial charge in [-0.05, 0) is 57.5 Å². The first-order chi connectivity index (χ1) is 14.7. The standard InChI is InChI=1S/C24H27N3O4/c1-14(2)31-23(29)20-16(4)27(5)24(30)26-21(20)17-10-12-19(13-11-17)25-22(28)18-8-6-15(3)7-9-18/h6-14,21H,1-5H3,(H,25,28)(H,26,30). The van der Waals surface area contributed by atoms with Crippen molar-refractivity contribution in [2.24, 2.45) is 0 Å². The summed E-state index contributed by atoms with van der Waals surface area (Å²) in [5.41, 5.74) is 3.89. The van der Waals surface area contributed by atoms with Crippen molar-refractivity contribution >= 4 is 23.6 Å². The smallest absolute Gasteiger partial charge is 0.338 e. The average Bonchev–Trinajstić information content (AvgIpc) is 2.72. The number of benzene rings is 2. The highest BCUT2D eigenvalue weighted by molar-refractivity contribution is 6.04. The minimum atomic E-state index is -0.642. The van der Waals surface area contributed by atoms with Gasteiger partial charge in [0.25, 0.3) is 5.91 Å². The zero-order chi connectivity index (χ0) is 22.7. The number of urea groups is 1. The predicted octanol–water partition coefficient (Wildman–Crippen LogP) is 4.17. The third-order valence-electron chi connectivity index (χ3n) is 5.13. The second-order valence-corrected chi connectivity index (χ2v) is 7.84. The molecule has 3 rings (SSSR count). The Kier molecular flexibility index (Phi) is 6.44. The van der Waals surface area contributed by atoms with Crippen LogP contribution in [0.1, 0.15) is 48.3 Å². The lowest BCUT2D eigenvalue weighted by Crippen LogP contribution is -2.46. The Morgan fingerprint density at radius 1 is 1.03 bits per heavy atom. The molecule has 0 saturated carbocycles. The van der Waals surface area contributed by atoms with Crippen LogP contribution in [0.2, 0.25) is 0 Å². The van der Waals surface area contributed by atoms with Gasteiger partial charge in [0, 0.05) is 24.0 Å². The molecule has 162 valence electrons. The lowest BCUT2D eigenvalue weighted by molar-refractivity contribution is -0.143. The van der Waals surface area contributed by atoms with Crippen molar-refractivity contribution in [3.8, 4) is 0 Å². The lowest BCUT2D eigenvalue weighted by atomic mass is 9.95. The normalized spacial score (nSPS) is 16.3. The first-order valence-corrected chi connectivity index (χ1v) is 10.1. The number of carbonyl (C=O) groups excluding carboxylic acids is 3. The number of hydrogen-bond acceptors (Lipinski definition) is 4. The summed E-state index contributed by atoms with van der Waals surface area (Å²) in [5, 5.41) is 5.70. The number of hydrogen-bond donors (Lipinski definition) is 2. The van der Waals surface area contributed by atoms with Crippen LogP contribution < -0.4 is 10.6 Å². The summed E-state index contributed by atoms with van der Waals surface area (Å²) < 4.78 is 5.40. The van der Waals surface area contributed by atoms with Crippen LogP contribution in [0.3, 0.4) is 0 Å². The van der Waals surface area contributed by atoms with Gasteiger partial charge in [-0.15, -0.1) is 0 Å². The van der Waals surface area contributed by atoms with E-state index in [0.29, 0.717) is 28.1 Å². The molecule has 7 nitrogen and oxygen atoms in total. The maximum Gasteiger partial charge on any atom is 0.338 e. The van der Waals surface area contributed by atoms with Gasteiger partial charge in [-0.25, -0.2) is 9.59 Å². The van der Waals surface area contributed by atoms with Gasteiger partial charge >= 0.3 is 12.0 Å². The van der Waals surface area contributed by atoms with Gasteiger partial charge in [0.2, 0.25) is 0 Å². The van der Waals surface area contributed by atoms with Crippen molar-refractivity contribution in [2.45, 2.75) is 39.8 Å². The Bertz CT molecular complexity index is 1020. The number of aryl methyl sites for hydroxylation is 1. The molecule has 0 spiro atoms. The number of amides is 3. The summed E-state index contributed by atoms with van der Waals surface area (Å²) >= 11 is 0. The van der Waals surface area contributed by atoms with E-state index in [1.165, 1.54) is 4.90 Å². The summed E-state index contributed by atoms with van der Waals surface area (Å²) in [4.78, 5) is 38.9. The molecule has 7 heteroatoms. The third kappa shape index (κ3) is 4.94. The molecule has 2 aromatic rings. The Morgan fingerprint density at radius 3 is 2.23 bits per heavy atom. The highest BCUT2D eigenvalue weighted by atomic mass is 16.5. The van der Waals surface area contributed by atoms with Crippen molar-refractivity contribution in [1.29, 1.82) is 0 Å². The third-order valence-corrected chi connectivity index (χ3v) is 5.13. The molecule has 1 unspecified atom stereocenters. The molecule has 1 aliphatic rings. The maximum absolute atomic E-state index is 12.7. The van der Waals surface area contributed by atoms with Crippen LogP contribution in [0, 0.1) is 6.92 Å². The van der Waals surface area contributed by atoms with Gasteiger partial charge in [-0.3, -0.25) is 4.79 Å². The average molecular weight is 421 g/mol. The van der Waals surface area contributed by atoms with E-state index in [-0.39, 0.29) is 18.0 Å². The van der Waals surface area contributed by atoms with Crippen molar-refractivity contribution < 1.29 is 19.1 Å². The van der Waals surface area contributed by atoms with E-state index in [1.807, 2.05) is 19.1 Å². The Morgan fingerprint density at radius 2 is 1.65 bits per heavy atom. The van der Waals surface area contributed by atoms with Crippen molar-refractivity contribution in [1.82, 2.24) is 10.2 Å². The highest BCUT2D eigenvalue weighted by Crippen LogP contribution is 2.31. The minimum absolute atomic E-state index is 0.211. The van der Waals surface area contributed by atoms with Crippen LogP contribution in [-0.4, -0.2) is 36.0 Å². The van der Waals surface area contributed by atoms with E-state index < -0.39 is 12.0 Å². The van der Waals surface area contributed by atoms with Gasteiger partial charge in [-0.2, -0.15) is 0 Å². The Balaban J connectivity index is 1.84. The zero-order valence-corrected chi connectivity index (χ0v) is 18.4. The van der Waals surface area contributed by atoms with Crippen LogP contribution >= 0.6 is 0 Å². The molecule has 0 aliphatic carbocycles. The second-order valence-electron chi connectivity index (χ2n) is 7.84. The number of ether oxygens (including phenoxy) is 1. The fourth-order valence-corrected chi connectivity index (χ4v) is 3.29. The fraction of sp³-hybridized carbons (Fsp3) is 0.292. The number of nitrogens with one attached hydrogen (secondary N) is 2. The van der Waals surface area contributed by atoms with Gasteiger partial charge in [0.15, 0.2) is 0 Å². The van der Waals surface area contributed by atoms with Gasteiger partial charge < -0.3 is 20.3 Å². The number of allylic oxidation sites excluding steroid dienone is 1. The summed E-state index contributed by atoms with van der Waals surface area (Å²) in [6, 6.07) is 13.4. The molecular formula is C24H27N3O4. The monoisotopic (exact) mass is 421 g/mol. The first kappa shape index (κ1) is 22.1. The van der Waals surface area contributed by atoms with E-state index in [4.69, 9.17) is 4.74 Å². The molecule has 1 heterocycles. The van der Waals surface area contributed by atoms with Crippen molar-refractivity contribution in [3.05, 3.63) is 76.5 Å². The van der Waals surface area contributed by atoms with E-state index in [1.54, 1.807) is 64.2 Å². The largest absolute Gasteiger partial charge is 0.459 e. The topological polar surface area (TPSA) is 87.7 Å². The van der Waals surface area contributed by atoms with E-state index in [0.717, 1.165) is 5.56 Å². The molecular weight excluding hydrogens is 394 g/mol. The Hall–Kier alpha value is -3.61. The zero-order valence-electron chi connectivity index (χ0n) is 18.4. The van der Waals surface area contributed by atoms with Crippen molar-refractivity contribution in [2.75, 3.05) is 12.4 Å². The molecule has 0 fully saturated rings. The number of anilines is 1. The van der Waals surface area contributed by atoms with Crippen LogP contribution in [0.15, 0.2) is 59.8 Å². The quantitative estimate of drug-likeness (QED) is 0.710. The number of nitrogens with zero attached hydrogens (tertiary/aromatic N) is 1. The van der Waals surface area contributed by atoms with E-state index in [9.17, 15) is 14.4 Å².